The summed E-state index contributed by atoms with van der Waals surface area (Å²) in [5, 5.41) is 4.34. The van der Waals surface area contributed by atoms with Crippen molar-refractivity contribution in [2.45, 2.75) is 58.5 Å². The summed E-state index contributed by atoms with van der Waals surface area (Å²) in [7, 11) is 2.21. The molecule has 1 aromatic rings. The molecule has 0 atom stereocenters. The molecule has 21 heavy (non-hydrogen) atoms. The minimum atomic E-state index is 0.497. The molecule has 2 nitrogen and oxygen atoms in total. The van der Waals surface area contributed by atoms with Crippen LogP contribution >= 0.6 is 11.6 Å². The first-order valence-electron chi connectivity index (χ1n) is 8.29. The van der Waals surface area contributed by atoms with Gasteiger partial charge in [-0.25, -0.2) is 0 Å². The second kappa shape index (κ2) is 8.05. The fourth-order valence-corrected chi connectivity index (χ4v) is 3.38. The Hall–Kier alpha value is -0.730. The van der Waals surface area contributed by atoms with Crippen molar-refractivity contribution in [2.75, 3.05) is 18.5 Å². The summed E-state index contributed by atoms with van der Waals surface area (Å²) in [6.07, 6.45) is 6.97. The van der Waals surface area contributed by atoms with E-state index in [0.717, 1.165) is 24.0 Å². The van der Waals surface area contributed by atoms with Crippen LogP contribution in [0.1, 0.15) is 51.5 Å². The molecule has 0 amide bonds. The van der Waals surface area contributed by atoms with E-state index in [9.17, 15) is 0 Å². The number of halogens is 1. The predicted molar refractivity (Wildman–Crippen MR) is 93.3 cm³/mol. The highest BCUT2D eigenvalue weighted by Gasteiger charge is 2.17. The third kappa shape index (κ3) is 5.19. The van der Waals surface area contributed by atoms with Crippen molar-refractivity contribution in [1.82, 2.24) is 5.32 Å². The van der Waals surface area contributed by atoms with Crippen molar-refractivity contribution >= 4 is 17.3 Å². The molecule has 0 heterocycles. The van der Waals surface area contributed by atoms with E-state index in [4.69, 9.17) is 11.6 Å². The van der Waals surface area contributed by atoms with E-state index in [0.29, 0.717) is 6.04 Å². The Bertz CT molecular complexity index is 439. The highest BCUT2D eigenvalue weighted by Crippen LogP contribution is 2.29. The quantitative estimate of drug-likeness (QED) is 0.807. The van der Waals surface area contributed by atoms with Crippen LogP contribution in [0, 0.1) is 5.92 Å². The summed E-state index contributed by atoms with van der Waals surface area (Å²) in [4.78, 5) is 2.40. The standard InChI is InChI=1S/C18H29ClN2/c1-14(2)20-12-16-9-10-17(19)11-18(16)21(3)13-15-7-5-4-6-8-15/h9-11,14-15,20H,4-8,12-13H2,1-3H3. The number of rotatable bonds is 6. The normalized spacial score (nSPS) is 16.4. The van der Waals surface area contributed by atoms with E-state index in [1.54, 1.807) is 0 Å². The second-order valence-corrected chi connectivity index (χ2v) is 7.13. The van der Waals surface area contributed by atoms with Gasteiger partial charge in [0.1, 0.15) is 0 Å². The molecule has 1 aliphatic carbocycles. The second-order valence-electron chi connectivity index (χ2n) is 6.69. The minimum Gasteiger partial charge on any atom is -0.374 e. The van der Waals surface area contributed by atoms with Crippen molar-refractivity contribution in [3.05, 3.63) is 28.8 Å². The lowest BCUT2D eigenvalue weighted by molar-refractivity contribution is 0.362. The first-order valence-corrected chi connectivity index (χ1v) is 8.67. The molecule has 118 valence electrons. The van der Waals surface area contributed by atoms with Gasteiger partial charge in [-0.1, -0.05) is 50.8 Å². The zero-order chi connectivity index (χ0) is 15.2. The molecule has 1 saturated carbocycles. The number of nitrogens with zero attached hydrogens (tertiary/aromatic N) is 1. The topological polar surface area (TPSA) is 15.3 Å². The molecular weight excluding hydrogens is 280 g/mol. The summed E-state index contributed by atoms with van der Waals surface area (Å²) in [6, 6.07) is 6.76. The van der Waals surface area contributed by atoms with E-state index in [1.807, 2.05) is 6.07 Å². The first-order chi connectivity index (χ1) is 10.1. The monoisotopic (exact) mass is 308 g/mol. The molecule has 1 N–H and O–H groups in total. The zero-order valence-electron chi connectivity index (χ0n) is 13.7. The Morgan fingerprint density at radius 2 is 1.95 bits per heavy atom. The summed E-state index contributed by atoms with van der Waals surface area (Å²) in [5.41, 5.74) is 2.62. The molecule has 0 unspecified atom stereocenters. The van der Waals surface area contributed by atoms with Crippen LogP contribution in [0.25, 0.3) is 0 Å². The molecule has 1 fully saturated rings. The van der Waals surface area contributed by atoms with Gasteiger partial charge in [0.2, 0.25) is 0 Å². The molecule has 2 rings (SSSR count). The molecular formula is C18H29ClN2. The first kappa shape index (κ1) is 16.6. The number of hydrogen-bond donors (Lipinski definition) is 1. The SMILES string of the molecule is CC(C)NCc1ccc(Cl)cc1N(C)CC1CCCCC1. The number of hydrogen-bond acceptors (Lipinski definition) is 2. The third-order valence-corrected chi connectivity index (χ3v) is 4.65. The highest BCUT2D eigenvalue weighted by atomic mass is 35.5. The van der Waals surface area contributed by atoms with Gasteiger partial charge in [0, 0.05) is 36.9 Å². The highest BCUT2D eigenvalue weighted by molar-refractivity contribution is 6.30. The maximum absolute atomic E-state index is 6.22. The summed E-state index contributed by atoms with van der Waals surface area (Å²) < 4.78 is 0. The van der Waals surface area contributed by atoms with Crippen LogP contribution in [0.3, 0.4) is 0 Å². The minimum absolute atomic E-state index is 0.497. The molecule has 0 radical (unpaired) electrons. The average Bonchev–Trinajstić information content (AvgIpc) is 2.46. The summed E-state index contributed by atoms with van der Waals surface area (Å²) in [5.74, 6) is 0.841. The van der Waals surface area contributed by atoms with E-state index in [2.05, 4.69) is 43.2 Å². The van der Waals surface area contributed by atoms with Gasteiger partial charge in [-0.15, -0.1) is 0 Å². The van der Waals surface area contributed by atoms with Crippen LogP contribution in [-0.4, -0.2) is 19.6 Å². The molecule has 0 aliphatic heterocycles. The summed E-state index contributed by atoms with van der Waals surface area (Å²) >= 11 is 6.22. The zero-order valence-corrected chi connectivity index (χ0v) is 14.4. The lowest BCUT2D eigenvalue weighted by Gasteiger charge is -2.30. The van der Waals surface area contributed by atoms with Crippen LogP contribution in [-0.2, 0) is 6.54 Å². The Morgan fingerprint density at radius 1 is 1.24 bits per heavy atom. The van der Waals surface area contributed by atoms with Gasteiger partial charge in [-0.05, 0) is 36.5 Å². The van der Waals surface area contributed by atoms with Crippen molar-refractivity contribution in [1.29, 1.82) is 0 Å². The molecule has 1 aliphatic rings. The number of benzene rings is 1. The van der Waals surface area contributed by atoms with Gasteiger partial charge in [0.05, 0.1) is 0 Å². The van der Waals surface area contributed by atoms with Gasteiger partial charge in [-0.2, -0.15) is 0 Å². The maximum atomic E-state index is 6.22. The fourth-order valence-electron chi connectivity index (χ4n) is 3.21. The van der Waals surface area contributed by atoms with Gasteiger partial charge >= 0.3 is 0 Å². The van der Waals surface area contributed by atoms with Crippen molar-refractivity contribution < 1.29 is 0 Å². The lowest BCUT2D eigenvalue weighted by atomic mass is 9.89. The van der Waals surface area contributed by atoms with Crippen LogP contribution in [0.4, 0.5) is 5.69 Å². The van der Waals surface area contributed by atoms with Gasteiger partial charge in [0.15, 0.2) is 0 Å². The Labute approximate surface area is 134 Å². The number of anilines is 1. The van der Waals surface area contributed by atoms with E-state index in [1.165, 1.54) is 43.4 Å². The van der Waals surface area contributed by atoms with Crippen LogP contribution < -0.4 is 10.2 Å². The Balaban J connectivity index is 2.06. The van der Waals surface area contributed by atoms with Gasteiger partial charge in [-0.3, -0.25) is 0 Å². The van der Waals surface area contributed by atoms with Gasteiger partial charge in [0.25, 0.3) is 0 Å². The third-order valence-electron chi connectivity index (χ3n) is 4.42. The lowest BCUT2D eigenvalue weighted by Crippen LogP contribution is -2.29. The molecule has 0 spiro atoms. The maximum Gasteiger partial charge on any atom is 0.0426 e. The van der Waals surface area contributed by atoms with Crippen molar-refractivity contribution in [3.63, 3.8) is 0 Å². The van der Waals surface area contributed by atoms with Gasteiger partial charge < -0.3 is 10.2 Å². The van der Waals surface area contributed by atoms with Crippen LogP contribution in [0.15, 0.2) is 18.2 Å². The van der Waals surface area contributed by atoms with Crippen LogP contribution in [0.2, 0.25) is 5.02 Å². The van der Waals surface area contributed by atoms with Crippen LogP contribution in [0.5, 0.6) is 0 Å². The molecule has 0 saturated heterocycles. The van der Waals surface area contributed by atoms with Crippen molar-refractivity contribution in [3.8, 4) is 0 Å². The predicted octanol–water partition coefficient (Wildman–Crippen LogP) is 4.85. The van der Waals surface area contributed by atoms with Crippen molar-refractivity contribution in [2.24, 2.45) is 5.92 Å². The summed E-state index contributed by atoms with van der Waals surface area (Å²) in [6.45, 7) is 6.41. The van der Waals surface area contributed by atoms with E-state index < -0.39 is 0 Å². The number of nitrogens with one attached hydrogen (secondary N) is 1. The smallest absolute Gasteiger partial charge is 0.0426 e. The largest absolute Gasteiger partial charge is 0.374 e. The molecule has 1 aromatic carbocycles. The molecule has 3 heteroatoms. The van der Waals surface area contributed by atoms with E-state index in [-0.39, 0.29) is 0 Å². The van der Waals surface area contributed by atoms with E-state index >= 15 is 0 Å². The Kier molecular flexibility index (Phi) is 6.38. The molecule has 0 aromatic heterocycles. The Morgan fingerprint density at radius 3 is 2.62 bits per heavy atom. The fraction of sp³-hybridized carbons (Fsp3) is 0.667. The molecule has 0 bridgehead atoms. The average molecular weight is 309 g/mol.